The molecule has 1 aromatic heterocycles. The van der Waals surface area contributed by atoms with Crippen molar-refractivity contribution >= 4 is 21.5 Å². The number of nitrogens with zero attached hydrogens (tertiary/aromatic N) is 2. The second-order valence-electron chi connectivity index (χ2n) is 7.79. The molecule has 0 aliphatic rings. The molecule has 0 saturated carbocycles. The molecule has 3 aromatic carbocycles. The van der Waals surface area contributed by atoms with Crippen molar-refractivity contribution in [2.45, 2.75) is 24.2 Å². The summed E-state index contributed by atoms with van der Waals surface area (Å²) in [5.41, 5.74) is 0.636. The fourth-order valence-corrected chi connectivity index (χ4v) is 4.90. The molecule has 1 heterocycles. The lowest BCUT2D eigenvalue weighted by atomic mass is 10.1. The van der Waals surface area contributed by atoms with Crippen molar-refractivity contribution < 1.29 is 21.6 Å². The van der Waals surface area contributed by atoms with E-state index in [1.165, 1.54) is 34.6 Å². The van der Waals surface area contributed by atoms with E-state index in [9.17, 15) is 21.6 Å². The lowest BCUT2D eigenvalue weighted by Crippen LogP contribution is -2.30. The standard InChI is InChI=1S/C26H22F3N3O2S/c27-26(28,29)23-13-7-8-14-24(23)31-25-16-15-22(17-30-25)35(33,34)32(18-20-9-3-1-4-10-20)19-21-11-5-2-6-12-21/h1-17H,18-19H2,(H,30,31). The van der Waals surface area contributed by atoms with Crippen molar-refractivity contribution in [2.75, 3.05) is 5.32 Å². The summed E-state index contributed by atoms with van der Waals surface area (Å²) in [4.78, 5) is 4.02. The molecule has 180 valence electrons. The van der Waals surface area contributed by atoms with E-state index in [1.54, 1.807) is 0 Å². The van der Waals surface area contributed by atoms with Gasteiger partial charge in [-0.05, 0) is 35.4 Å². The van der Waals surface area contributed by atoms with Gasteiger partial charge in [0.1, 0.15) is 10.7 Å². The Morgan fingerprint density at radius 2 is 1.29 bits per heavy atom. The Bertz CT molecular complexity index is 1320. The molecule has 0 radical (unpaired) electrons. The molecular formula is C26H22F3N3O2S. The Kier molecular flexibility index (Phi) is 7.18. The lowest BCUT2D eigenvalue weighted by Gasteiger charge is -2.22. The zero-order valence-corrected chi connectivity index (χ0v) is 19.3. The highest BCUT2D eigenvalue weighted by atomic mass is 32.2. The van der Waals surface area contributed by atoms with Crippen molar-refractivity contribution in [2.24, 2.45) is 0 Å². The predicted octanol–water partition coefficient (Wildman–Crippen LogP) is 6.24. The first-order chi connectivity index (χ1) is 16.7. The zero-order valence-electron chi connectivity index (χ0n) is 18.5. The van der Waals surface area contributed by atoms with E-state index < -0.39 is 21.8 Å². The van der Waals surface area contributed by atoms with Crippen molar-refractivity contribution in [3.8, 4) is 0 Å². The minimum atomic E-state index is -4.54. The molecule has 0 bridgehead atoms. The van der Waals surface area contributed by atoms with Crippen LogP contribution < -0.4 is 5.32 Å². The maximum Gasteiger partial charge on any atom is 0.418 e. The first-order valence-electron chi connectivity index (χ1n) is 10.7. The molecular weight excluding hydrogens is 475 g/mol. The van der Waals surface area contributed by atoms with Gasteiger partial charge in [-0.1, -0.05) is 72.8 Å². The monoisotopic (exact) mass is 497 g/mol. The van der Waals surface area contributed by atoms with Crippen LogP contribution in [0.2, 0.25) is 0 Å². The summed E-state index contributed by atoms with van der Waals surface area (Å²) in [6, 6.07) is 26.1. The summed E-state index contributed by atoms with van der Waals surface area (Å²) >= 11 is 0. The quantitative estimate of drug-likeness (QED) is 0.313. The summed E-state index contributed by atoms with van der Waals surface area (Å²) in [5, 5.41) is 2.63. The second kappa shape index (κ2) is 10.3. The fraction of sp³-hybridized carbons (Fsp3) is 0.115. The van der Waals surface area contributed by atoms with Gasteiger partial charge < -0.3 is 5.32 Å². The first kappa shape index (κ1) is 24.4. The van der Waals surface area contributed by atoms with E-state index in [4.69, 9.17) is 0 Å². The molecule has 9 heteroatoms. The van der Waals surface area contributed by atoms with Gasteiger partial charge in [-0.3, -0.25) is 0 Å². The van der Waals surface area contributed by atoms with Crippen LogP contribution in [0.4, 0.5) is 24.7 Å². The van der Waals surface area contributed by atoms with E-state index in [0.717, 1.165) is 23.4 Å². The molecule has 5 nitrogen and oxygen atoms in total. The molecule has 35 heavy (non-hydrogen) atoms. The molecule has 0 amide bonds. The number of sulfonamides is 1. The Morgan fingerprint density at radius 3 is 1.80 bits per heavy atom. The molecule has 0 spiro atoms. The van der Waals surface area contributed by atoms with Gasteiger partial charge in [0.25, 0.3) is 0 Å². The largest absolute Gasteiger partial charge is 0.418 e. The molecule has 1 N–H and O–H groups in total. The van der Waals surface area contributed by atoms with E-state index in [-0.39, 0.29) is 29.5 Å². The highest BCUT2D eigenvalue weighted by molar-refractivity contribution is 7.89. The number of rotatable bonds is 8. The summed E-state index contributed by atoms with van der Waals surface area (Å²) in [6.07, 6.45) is -3.39. The summed E-state index contributed by atoms with van der Waals surface area (Å²) in [5.74, 6) is 0.0957. The van der Waals surface area contributed by atoms with Gasteiger partial charge in [0.15, 0.2) is 0 Å². The Hall–Kier alpha value is -3.69. The third-order valence-electron chi connectivity index (χ3n) is 5.27. The molecule has 0 aliphatic heterocycles. The third-order valence-corrected chi connectivity index (χ3v) is 7.05. The Labute approximate surface area is 201 Å². The molecule has 0 atom stereocenters. The molecule has 0 aliphatic carbocycles. The van der Waals surface area contributed by atoms with Crippen LogP contribution in [0.15, 0.2) is 108 Å². The minimum Gasteiger partial charge on any atom is -0.340 e. The second-order valence-corrected chi connectivity index (χ2v) is 9.73. The molecule has 0 saturated heterocycles. The van der Waals surface area contributed by atoms with E-state index in [2.05, 4.69) is 10.3 Å². The van der Waals surface area contributed by atoms with Crippen LogP contribution in [0.3, 0.4) is 0 Å². The van der Waals surface area contributed by atoms with Crippen LogP contribution in [-0.2, 0) is 29.3 Å². The van der Waals surface area contributed by atoms with E-state index in [0.29, 0.717) is 0 Å². The van der Waals surface area contributed by atoms with Gasteiger partial charge >= 0.3 is 6.18 Å². The van der Waals surface area contributed by atoms with Crippen LogP contribution in [0.25, 0.3) is 0 Å². The minimum absolute atomic E-state index is 0.0565. The Balaban J connectivity index is 1.60. The van der Waals surface area contributed by atoms with Crippen molar-refractivity contribution in [1.82, 2.24) is 9.29 Å². The fourth-order valence-electron chi connectivity index (χ4n) is 3.53. The average Bonchev–Trinajstić information content (AvgIpc) is 2.85. The van der Waals surface area contributed by atoms with E-state index in [1.807, 2.05) is 60.7 Å². The van der Waals surface area contributed by atoms with Crippen LogP contribution in [0, 0.1) is 0 Å². The highest BCUT2D eigenvalue weighted by Crippen LogP contribution is 2.35. The van der Waals surface area contributed by atoms with E-state index >= 15 is 0 Å². The summed E-state index contributed by atoms with van der Waals surface area (Å²) in [7, 11) is -3.96. The van der Waals surface area contributed by atoms with Crippen molar-refractivity contribution in [1.29, 1.82) is 0 Å². The van der Waals surface area contributed by atoms with Crippen LogP contribution in [-0.4, -0.2) is 17.7 Å². The number of halogens is 3. The van der Waals surface area contributed by atoms with Gasteiger partial charge in [0.2, 0.25) is 10.0 Å². The number of benzene rings is 3. The number of hydrogen-bond acceptors (Lipinski definition) is 4. The number of pyridine rings is 1. The first-order valence-corrected chi connectivity index (χ1v) is 12.1. The normalized spacial score (nSPS) is 12.0. The average molecular weight is 498 g/mol. The Morgan fingerprint density at radius 1 is 0.743 bits per heavy atom. The number of aromatic nitrogens is 1. The number of nitrogens with one attached hydrogen (secondary N) is 1. The molecule has 4 aromatic rings. The third kappa shape index (κ3) is 6.06. The van der Waals surface area contributed by atoms with Crippen molar-refractivity contribution in [3.05, 3.63) is 120 Å². The smallest absolute Gasteiger partial charge is 0.340 e. The summed E-state index contributed by atoms with van der Waals surface area (Å²) in [6.45, 7) is 0.300. The van der Waals surface area contributed by atoms with Crippen LogP contribution in [0.1, 0.15) is 16.7 Å². The van der Waals surface area contributed by atoms with Gasteiger partial charge in [-0.15, -0.1) is 0 Å². The van der Waals surface area contributed by atoms with Gasteiger partial charge in [0.05, 0.1) is 11.3 Å². The lowest BCUT2D eigenvalue weighted by molar-refractivity contribution is -0.136. The topological polar surface area (TPSA) is 62.3 Å². The number of alkyl halides is 3. The maximum atomic E-state index is 13.5. The molecule has 0 unspecified atom stereocenters. The maximum absolute atomic E-state index is 13.5. The predicted molar refractivity (Wildman–Crippen MR) is 128 cm³/mol. The van der Waals surface area contributed by atoms with Crippen molar-refractivity contribution in [3.63, 3.8) is 0 Å². The zero-order chi connectivity index (χ0) is 24.9. The molecule has 4 rings (SSSR count). The number of hydrogen-bond donors (Lipinski definition) is 1. The van der Waals surface area contributed by atoms with Crippen LogP contribution in [0.5, 0.6) is 0 Å². The molecule has 0 fully saturated rings. The number of anilines is 2. The van der Waals surface area contributed by atoms with Gasteiger partial charge in [-0.25, -0.2) is 13.4 Å². The number of para-hydroxylation sites is 1. The van der Waals surface area contributed by atoms with Gasteiger partial charge in [-0.2, -0.15) is 17.5 Å². The van der Waals surface area contributed by atoms with Crippen LogP contribution >= 0.6 is 0 Å². The van der Waals surface area contributed by atoms with Gasteiger partial charge in [0, 0.05) is 19.3 Å². The highest BCUT2D eigenvalue weighted by Gasteiger charge is 2.33. The SMILES string of the molecule is O=S(=O)(c1ccc(Nc2ccccc2C(F)(F)F)nc1)N(Cc1ccccc1)Cc1ccccc1. The summed E-state index contributed by atoms with van der Waals surface area (Å²) < 4.78 is 68.2.